The molecule has 8 nitrogen and oxygen atoms in total. The Bertz CT molecular complexity index is 1140. The van der Waals surface area contributed by atoms with E-state index in [0.717, 1.165) is 5.69 Å². The lowest BCUT2D eigenvalue weighted by atomic mass is 10.2. The zero-order chi connectivity index (χ0) is 22.0. The molecule has 0 fully saturated rings. The van der Waals surface area contributed by atoms with E-state index in [1.807, 2.05) is 66.7 Å². The Kier molecular flexibility index (Phi) is 6.85. The van der Waals surface area contributed by atoms with Crippen molar-refractivity contribution < 1.29 is 9.53 Å². The zero-order valence-electron chi connectivity index (χ0n) is 17.2. The Balaban J connectivity index is 1.26. The van der Waals surface area contributed by atoms with E-state index >= 15 is 0 Å². The topological polar surface area (TPSA) is 101 Å². The second kappa shape index (κ2) is 10.5. The van der Waals surface area contributed by atoms with Gasteiger partial charge in [-0.1, -0.05) is 30.3 Å². The Morgan fingerprint density at radius 2 is 1.50 bits per heavy atom. The quantitative estimate of drug-likeness (QED) is 0.344. The monoisotopic (exact) mass is 426 g/mol. The SMILES string of the molecule is O=C(NCCNc1ccc(Nc2ccncc2)nn1)c1ccccc1Oc1ccccc1. The van der Waals surface area contributed by atoms with Crippen LogP contribution in [0.2, 0.25) is 0 Å². The molecule has 160 valence electrons. The normalized spacial score (nSPS) is 10.2. The molecular formula is C24H22N6O2. The molecule has 0 aliphatic rings. The van der Waals surface area contributed by atoms with Gasteiger partial charge >= 0.3 is 0 Å². The highest BCUT2D eigenvalue weighted by molar-refractivity contribution is 5.97. The summed E-state index contributed by atoms with van der Waals surface area (Å²) >= 11 is 0. The number of rotatable bonds is 9. The van der Waals surface area contributed by atoms with Crippen LogP contribution in [0.5, 0.6) is 11.5 Å². The smallest absolute Gasteiger partial charge is 0.255 e. The molecule has 0 radical (unpaired) electrons. The van der Waals surface area contributed by atoms with Gasteiger partial charge in [-0.05, 0) is 48.5 Å². The minimum absolute atomic E-state index is 0.207. The van der Waals surface area contributed by atoms with Crippen LogP contribution < -0.4 is 20.7 Å². The maximum atomic E-state index is 12.6. The number of nitrogens with one attached hydrogen (secondary N) is 3. The first-order chi connectivity index (χ1) is 15.8. The summed E-state index contributed by atoms with van der Waals surface area (Å²) in [4.78, 5) is 16.6. The maximum Gasteiger partial charge on any atom is 0.255 e. The highest BCUT2D eigenvalue weighted by atomic mass is 16.5. The van der Waals surface area contributed by atoms with Gasteiger partial charge in [0.2, 0.25) is 0 Å². The number of benzene rings is 2. The summed E-state index contributed by atoms with van der Waals surface area (Å²) in [5, 5.41) is 17.5. The number of para-hydroxylation sites is 2. The lowest BCUT2D eigenvalue weighted by Gasteiger charge is -2.12. The van der Waals surface area contributed by atoms with Crippen LogP contribution in [-0.2, 0) is 0 Å². The summed E-state index contributed by atoms with van der Waals surface area (Å²) < 4.78 is 5.86. The number of nitrogens with zero attached hydrogens (tertiary/aromatic N) is 3. The lowest BCUT2D eigenvalue weighted by Crippen LogP contribution is -2.29. The van der Waals surface area contributed by atoms with E-state index in [1.54, 1.807) is 24.5 Å². The third-order valence-corrected chi connectivity index (χ3v) is 4.44. The van der Waals surface area contributed by atoms with Crippen LogP contribution in [0.1, 0.15) is 10.4 Å². The Hall–Kier alpha value is -4.46. The van der Waals surface area contributed by atoms with Crippen molar-refractivity contribution in [2.75, 3.05) is 23.7 Å². The van der Waals surface area contributed by atoms with Gasteiger partial charge in [0.1, 0.15) is 17.3 Å². The van der Waals surface area contributed by atoms with Crippen LogP contribution in [0.25, 0.3) is 0 Å². The number of anilines is 3. The molecule has 0 spiro atoms. The molecule has 2 aromatic carbocycles. The highest BCUT2D eigenvalue weighted by Gasteiger charge is 2.12. The number of amides is 1. The summed E-state index contributed by atoms with van der Waals surface area (Å²) in [5.41, 5.74) is 1.36. The minimum Gasteiger partial charge on any atom is -0.457 e. The molecule has 32 heavy (non-hydrogen) atoms. The summed E-state index contributed by atoms with van der Waals surface area (Å²) in [5.74, 6) is 2.22. The summed E-state index contributed by atoms with van der Waals surface area (Å²) in [6.45, 7) is 0.913. The fraction of sp³-hybridized carbons (Fsp3) is 0.0833. The van der Waals surface area contributed by atoms with Gasteiger partial charge in [-0.3, -0.25) is 9.78 Å². The number of carbonyl (C=O) groups excluding carboxylic acids is 1. The largest absolute Gasteiger partial charge is 0.457 e. The van der Waals surface area contributed by atoms with Crippen molar-refractivity contribution in [3.05, 3.63) is 96.8 Å². The van der Waals surface area contributed by atoms with Crippen LogP contribution in [0.15, 0.2) is 91.3 Å². The number of hydrogen-bond donors (Lipinski definition) is 3. The van der Waals surface area contributed by atoms with E-state index in [9.17, 15) is 4.79 Å². The molecule has 8 heteroatoms. The van der Waals surface area contributed by atoms with Crippen molar-refractivity contribution in [1.82, 2.24) is 20.5 Å². The number of carbonyl (C=O) groups is 1. The third-order valence-electron chi connectivity index (χ3n) is 4.44. The van der Waals surface area contributed by atoms with E-state index in [4.69, 9.17) is 4.74 Å². The first kappa shape index (κ1) is 20.8. The van der Waals surface area contributed by atoms with E-state index in [-0.39, 0.29) is 5.91 Å². The van der Waals surface area contributed by atoms with E-state index in [0.29, 0.717) is 41.8 Å². The fourth-order valence-electron chi connectivity index (χ4n) is 2.90. The zero-order valence-corrected chi connectivity index (χ0v) is 17.2. The minimum atomic E-state index is -0.207. The standard InChI is InChI=1S/C24H22N6O2/c31-24(20-8-4-5-9-21(20)32-19-6-2-1-3-7-19)27-17-16-26-22-10-11-23(30-29-22)28-18-12-14-25-15-13-18/h1-15H,16-17H2,(H,26,29)(H,27,31)(H,25,28,30). The molecule has 4 aromatic rings. The van der Waals surface area contributed by atoms with Crippen LogP contribution in [-0.4, -0.2) is 34.2 Å². The molecule has 2 heterocycles. The van der Waals surface area contributed by atoms with Crippen molar-refractivity contribution in [2.24, 2.45) is 0 Å². The first-order valence-corrected chi connectivity index (χ1v) is 10.1. The number of aromatic nitrogens is 3. The average molecular weight is 426 g/mol. The number of hydrogen-bond acceptors (Lipinski definition) is 7. The number of ether oxygens (including phenoxy) is 1. The van der Waals surface area contributed by atoms with Crippen molar-refractivity contribution in [1.29, 1.82) is 0 Å². The molecule has 0 unspecified atom stereocenters. The molecule has 3 N–H and O–H groups in total. The third kappa shape index (κ3) is 5.79. The molecule has 0 aliphatic heterocycles. The molecule has 1 amide bonds. The Labute approximate surface area is 185 Å². The predicted molar refractivity (Wildman–Crippen MR) is 123 cm³/mol. The second-order valence-corrected chi connectivity index (χ2v) is 6.76. The molecule has 0 bridgehead atoms. The van der Waals surface area contributed by atoms with Gasteiger partial charge in [-0.2, -0.15) is 0 Å². The molecule has 2 aromatic heterocycles. The predicted octanol–water partition coefficient (Wildman–Crippen LogP) is 4.25. The second-order valence-electron chi connectivity index (χ2n) is 6.76. The van der Waals surface area contributed by atoms with Gasteiger partial charge in [0.05, 0.1) is 5.56 Å². The molecule has 0 saturated heterocycles. The summed E-state index contributed by atoms with van der Waals surface area (Å²) in [7, 11) is 0. The molecule has 0 saturated carbocycles. The molecule has 4 rings (SSSR count). The van der Waals surface area contributed by atoms with Gasteiger partial charge in [-0.15, -0.1) is 10.2 Å². The van der Waals surface area contributed by atoms with E-state index in [1.165, 1.54) is 0 Å². The van der Waals surface area contributed by atoms with Crippen LogP contribution in [0.3, 0.4) is 0 Å². The average Bonchev–Trinajstić information content (AvgIpc) is 2.84. The van der Waals surface area contributed by atoms with Crippen molar-refractivity contribution in [3.63, 3.8) is 0 Å². The first-order valence-electron chi connectivity index (χ1n) is 10.1. The maximum absolute atomic E-state index is 12.6. The Morgan fingerprint density at radius 1 is 0.781 bits per heavy atom. The fourth-order valence-corrected chi connectivity index (χ4v) is 2.90. The van der Waals surface area contributed by atoms with Crippen LogP contribution in [0.4, 0.5) is 17.3 Å². The summed E-state index contributed by atoms with van der Waals surface area (Å²) in [6.07, 6.45) is 3.40. The summed E-state index contributed by atoms with van der Waals surface area (Å²) in [6, 6.07) is 23.9. The van der Waals surface area contributed by atoms with Gasteiger partial charge < -0.3 is 20.7 Å². The van der Waals surface area contributed by atoms with Crippen molar-refractivity contribution >= 4 is 23.2 Å². The number of pyridine rings is 1. The van der Waals surface area contributed by atoms with E-state index < -0.39 is 0 Å². The highest BCUT2D eigenvalue weighted by Crippen LogP contribution is 2.24. The van der Waals surface area contributed by atoms with Gasteiger partial charge in [0.25, 0.3) is 5.91 Å². The van der Waals surface area contributed by atoms with E-state index in [2.05, 4.69) is 31.1 Å². The Morgan fingerprint density at radius 3 is 2.28 bits per heavy atom. The molecular weight excluding hydrogens is 404 g/mol. The van der Waals surface area contributed by atoms with Gasteiger partial charge in [0.15, 0.2) is 5.82 Å². The van der Waals surface area contributed by atoms with Crippen molar-refractivity contribution in [3.8, 4) is 11.5 Å². The van der Waals surface area contributed by atoms with Crippen LogP contribution in [0, 0.1) is 0 Å². The van der Waals surface area contributed by atoms with Gasteiger partial charge in [-0.25, -0.2) is 0 Å². The molecule has 0 atom stereocenters. The van der Waals surface area contributed by atoms with Gasteiger partial charge in [0, 0.05) is 31.2 Å². The van der Waals surface area contributed by atoms with Crippen LogP contribution >= 0.6 is 0 Å². The lowest BCUT2D eigenvalue weighted by molar-refractivity contribution is 0.0953. The van der Waals surface area contributed by atoms with Crippen molar-refractivity contribution in [2.45, 2.75) is 0 Å². The molecule has 0 aliphatic carbocycles.